The van der Waals surface area contributed by atoms with E-state index in [0.717, 1.165) is 59.7 Å². The molecule has 1 amide bonds. The van der Waals surface area contributed by atoms with Gasteiger partial charge in [-0.25, -0.2) is 13.2 Å². The second-order valence-electron chi connectivity index (χ2n) is 15.1. The minimum Gasteiger partial charge on any atom is -0.444 e. The predicted octanol–water partition coefficient (Wildman–Crippen LogP) is 8.69. The van der Waals surface area contributed by atoms with Crippen LogP contribution >= 0.6 is 0 Å². The van der Waals surface area contributed by atoms with Crippen LogP contribution in [0.15, 0.2) is 132 Å². The third-order valence-corrected chi connectivity index (χ3v) is 11.2. The van der Waals surface area contributed by atoms with Gasteiger partial charge in [0.25, 0.3) is 10.0 Å². The second-order valence-corrected chi connectivity index (χ2v) is 16.7. The Morgan fingerprint density at radius 2 is 1.75 bits per heavy atom. The quantitative estimate of drug-likeness (QED) is 0.0945. The molecule has 2 aliphatic carbocycles. The van der Waals surface area contributed by atoms with Crippen molar-refractivity contribution in [2.75, 3.05) is 0 Å². The van der Waals surface area contributed by atoms with Gasteiger partial charge >= 0.3 is 6.09 Å². The second kappa shape index (κ2) is 17.3. The molecule has 0 radical (unpaired) electrons. The zero-order chi connectivity index (χ0) is 39.9. The third kappa shape index (κ3) is 10.6. The van der Waals surface area contributed by atoms with E-state index in [1.807, 2.05) is 81.4 Å². The number of aromatic amines is 2. The summed E-state index contributed by atoms with van der Waals surface area (Å²) < 4.78 is 32.7. The van der Waals surface area contributed by atoms with Crippen molar-refractivity contribution in [2.24, 2.45) is 23.5 Å². The van der Waals surface area contributed by atoms with Gasteiger partial charge in [0.1, 0.15) is 10.5 Å². The summed E-state index contributed by atoms with van der Waals surface area (Å²) in [6.07, 6.45) is 8.09. The number of benzene rings is 3. The average Bonchev–Trinajstić information content (AvgIpc) is 3.52. The summed E-state index contributed by atoms with van der Waals surface area (Å²) in [7, 11) is -3.61. The number of carbonyl (C=O) groups is 1. The summed E-state index contributed by atoms with van der Waals surface area (Å²) >= 11 is 0. The maximum absolute atomic E-state index is 12.5. The molecule has 4 atom stereocenters. The molecular weight excluding hydrogens is 711 g/mol. The number of allylic oxidation sites excluding steroid dienone is 2. The van der Waals surface area contributed by atoms with Gasteiger partial charge in [-0.15, -0.1) is 6.58 Å². The number of H-pyrrole nitrogens is 2. The zero-order valence-electron chi connectivity index (χ0n) is 32.2. The third-order valence-electron chi connectivity index (χ3n) is 9.78. The lowest BCUT2D eigenvalue weighted by Gasteiger charge is -2.24. The molecule has 3 aromatic carbocycles. The molecule has 6 N–H and O–H groups in total. The molecule has 2 aromatic heterocycles. The molecule has 7 rings (SSSR count). The molecule has 2 aliphatic rings. The molecule has 0 bridgehead atoms. The van der Waals surface area contributed by atoms with Gasteiger partial charge in [-0.1, -0.05) is 81.1 Å². The van der Waals surface area contributed by atoms with Crippen LogP contribution < -0.4 is 21.2 Å². The number of nitrogens with two attached hydrogens (primary N) is 1. The molecule has 0 saturated heterocycles. The van der Waals surface area contributed by atoms with E-state index in [0.29, 0.717) is 22.8 Å². The predicted molar refractivity (Wildman–Crippen MR) is 223 cm³/mol. The Bertz CT molecular complexity index is 2340. The van der Waals surface area contributed by atoms with Gasteiger partial charge in [0, 0.05) is 63.5 Å². The first-order chi connectivity index (χ1) is 26.1. The van der Waals surface area contributed by atoms with Gasteiger partial charge in [0.05, 0.1) is 5.52 Å². The molecule has 1 unspecified atom stereocenters. The summed E-state index contributed by atoms with van der Waals surface area (Å²) in [4.78, 5) is 30.3. The number of pyridine rings is 1. The van der Waals surface area contributed by atoms with Crippen molar-refractivity contribution >= 4 is 37.9 Å². The fraction of sp³-hybridized carbons (Fsp3) is 0.318. The van der Waals surface area contributed by atoms with Gasteiger partial charge in [-0.2, -0.15) is 0 Å². The fourth-order valence-corrected chi connectivity index (χ4v) is 8.10. The lowest BCUT2D eigenvalue weighted by atomic mass is 10.0. The Morgan fingerprint density at radius 3 is 2.40 bits per heavy atom. The number of carbonyl (C=O) groups excluding carboxylic acids is 1. The normalized spacial score (nSPS) is 18.9. The van der Waals surface area contributed by atoms with Crippen LogP contribution in [0.1, 0.15) is 58.9 Å². The Balaban J connectivity index is 0.000000160. The molecular formula is C44H53N5O5S. The Kier molecular flexibility index (Phi) is 12.8. The number of aromatic nitrogens is 2. The first kappa shape index (κ1) is 40.6. The first-order valence-corrected chi connectivity index (χ1v) is 20.1. The summed E-state index contributed by atoms with van der Waals surface area (Å²) in [6, 6.07) is 24.7. The van der Waals surface area contributed by atoms with E-state index in [4.69, 9.17) is 10.5 Å². The molecule has 55 heavy (non-hydrogen) atoms. The van der Waals surface area contributed by atoms with Crippen LogP contribution in [0, 0.1) is 17.8 Å². The number of ether oxygens (including phenoxy) is 1. The van der Waals surface area contributed by atoms with E-state index < -0.39 is 15.6 Å². The monoisotopic (exact) mass is 763 g/mol. The number of rotatable bonds is 9. The Labute approximate surface area is 324 Å². The van der Waals surface area contributed by atoms with Crippen LogP contribution in [-0.4, -0.2) is 36.1 Å². The minimum absolute atomic E-state index is 0.0651. The lowest BCUT2D eigenvalue weighted by Crippen LogP contribution is -2.41. The van der Waals surface area contributed by atoms with Crippen LogP contribution in [0.25, 0.3) is 33.1 Å². The number of hydrogen-bond donors (Lipinski definition) is 5. The number of fused-ring (bicyclic) bond motifs is 2. The van der Waals surface area contributed by atoms with Gasteiger partial charge < -0.3 is 25.8 Å². The van der Waals surface area contributed by atoms with Crippen molar-refractivity contribution in [2.45, 2.75) is 76.3 Å². The molecule has 5 aromatic rings. The number of para-hydroxylation sites is 1. The highest BCUT2D eigenvalue weighted by molar-refractivity contribution is 7.89. The van der Waals surface area contributed by atoms with Gasteiger partial charge in [0.2, 0.25) is 0 Å². The lowest BCUT2D eigenvalue weighted by molar-refractivity contribution is 0.0497. The van der Waals surface area contributed by atoms with Crippen LogP contribution in [0.3, 0.4) is 0 Å². The topological polar surface area (TPSA) is 159 Å². The molecule has 2 fully saturated rings. The van der Waals surface area contributed by atoms with E-state index in [1.54, 1.807) is 24.4 Å². The highest BCUT2D eigenvalue weighted by atomic mass is 32.2. The smallest absolute Gasteiger partial charge is 0.407 e. The maximum Gasteiger partial charge on any atom is 0.407 e. The van der Waals surface area contributed by atoms with Gasteiger partial charge in [-0.3, -0.25) is 9.52 Å². The summed E-state index contributed by atoms with van der Waals surface area (Å²) in [5, 5.41) is 4.48. The molecule has 290 valence electrons. The van der Waals surface area contributed by atoms with Crippen LogP contribution in [0.4, 0.5) is 4.79 Å². The molecule has 0 aliphatic heterocycles. The van der Waals surface area contributed by atoms with Crippen LogP contribution in [0.5, 0.6) is 0 Å². The van der Waals surface area contributed by atoms with Crippen molar-refractivity contribution in [3.63, 3.8) is 0 Å². The van der Waals surface area contributed by atoms with Crippen molar-refractivity contribution in [3.8, 4) is 11.3 Å². The Morgan fingerprint density at radius 1 is 1.00 bits per heavy atom. The number of nitrogens with one attached hydrogen (secondary N) is 4. The van der Waals surface area contributed by atoms with Gasteiger partial charge in [0.15, 0.2) is 5.43 Å². The zero-order valence-corrected chi connectivity index (χ0v) is 33.0. The highest BCUT2D eigenvalue weighted by Crippen LogP contribution is 2.43. The van der Waals surface area contributed by atoms with Crippen molar-refractivity contribution < 1.29 is 17.9 Å². The van der Waals surface area contributed by atoms with Crippen molar-refractivity contribution in [3.05, 3.63) is 138 Å². The number of amides is 1. The van der Waals surface area contributed by atoms with E-state index in [1.165, 1.54) is 5.56 Å². The number of aryl methyl sites for hydroxylation is 1. The van der Waals surface area contributed by atoms with Crippen molar-refractivity contribution in [1.82, 2.24) is 20.0 Å². The minimum atomic E-state index is -3.61. The van der Waals surface area contributed by atoms with E-state index in [2.05, 4.69) is 52.7 Å². The average molecular weight is 764 g/mol. The van der Waals surface area contributed by atoms with Gasteiger partial charge in [-0.05, 0) is 87.8 Å². The van der Waals surface area contributed by atoms with Crippen LogP contribution in [-0.2, 0) is 21.2 Å². The maximum atomic E-state index is 12.5. The van der Waals surface area contributed by atoms with E-state index >= 15 is 0 Å². The molecule has 2 heterocycles. The van der Waals surface area contributed by atoms with Crippen LogP contribution in [0.2, 0.25) is 0 Å². The number of alkyl carbamates (subject to hydrolysis) is 1. The summed E-state index contributed by atoms with van der Waals surface area (Å²) in [5.74, 6) is 0.698. The molecule has 0 spiro atoms. The largest absolute Gasteiger partial charge is 0.444 e. The SMILES string of the molecule is C=C(N)[C@@H]1CCC[C@@H]1NC(=O)OC(C)(C)C.C=CC1C[C@@H]1C(=C)NS(=O)(=O)c1cccc2cc[nH]c12.CCc1ccc2c(=O)cc(-c3ccccc3)[nH]c2c1. The first-order valence-electron chi connectivity index (χ1n) is 18.7. The molecule has 2 saturated carbocycles. The Hall–Kier alpha value is -5.55. The van der Waals surface area contributed by atoms with Crippen molar-refractivity contribution in [1.29, 1.82) is 0 Å². The molecule has 11 heteroatoms. The van der Waals surface area contributed by atoms with E-state index in [9.17, 15) is 18.0 Å². The number of sulfonamides is 1. The standard InChI is InChI=1S/C17H15NO.C15H16N2O2S.C12H22N2O2/c1-2-12-8-9-14-16(10-12)18-15(11-17(14)19)13-6-4-3-5-7-13;1-3-11-9-13(11)10(2)17-20(18,19)14-6-4-5-12-7-8-16-15(12)14;1-8(13)9-6-5-7-10(9)14-11(15)16-12(2,3)4/h3-11H,2H2,1H3,(H,18,19);3-8,11,13,16-17H,1-2,9H2;9-10H,1,5-7,13H2,2-4H3,(H,14,15)/t;11?,13-;9-,10-/m.10/s1. The number of hydrogen-bond acceptors (Lipinski definition) is 6. The summed E-state index contributed by atoms with van der Waals surface area (Å²) in [5.41, 5.74) is 11.2. The highest BCUT2D eigenvalue weighted by Gasteiger charge is 2.38. The fourth-order valence-electron chi connectivity index (χ4n) is 6.79. The summed E-state index contributed by atoms with van der Waals surface area (Å²) in [6.45, 7) is 19.0. The molecule has 10 nitrogen and oxygen atoms in total. The van der Waals surface area contributed by atoms with E-state index in [-0.39, 0.29) is 34.3 Å².